The van der Waals surface area contributed by atoms with E-state index in [9.17, 15) is 8.42 Å². The van der Waals surface area contributed by atoms with Crippen molar-refractivity contribution in [1.29, 1.82) is 0 Å². The van der Waals surface area contributed by atoms with Crippen LogP contribution in [-0.4, -0.2) is 37.7 Å². The summed E-state index contributed by atoms with van der Waals surface area (Å²) >= 11 is 3.37. The Balaban J connectivity index is 2.54. The van der Waals surface area contributed by atoms with E-state index in [-0.39, 0.29) is 5.41 Å². The number of sulfonamides is 1. The highest BCUT2D eigenvalue weighted by Gasteiger charge is 2.18. The molecule has 0 aliphatic carbocycles. The van der Waals surface area contributed by atoms with E-state index in [2.05, 4.69) is 56.7 Å². The third kappa shape index (κ3) is 6.62. The number of halogens is 1. The van der Waals surface area contributed by atoms with E-state index in [4.69, 9.17) is 0 Å². The van der Waals surface area contributed by atoms with Crippen molar-refractivity contribution in [3.8, 4) is 0 Å². The second kappa shape index (κ2) is 6.82. The lowest BCUT2D eigenvalue weighted by molar-refractivity contribution is 0.544. The number of rotatable bonds is 6. The molecular formula is C12H21BrN4O2S. The van der Waals surface area contributed by atoms with Crippen LogP contribution in [-0.2, 0) is 15.4 Å². The Kier molecular flexibility index (Phi) is 5.91. The standard InChI is InChI=1S/C12H21BrN4O2S/c1-12(2,3)11-16-9(13)8-10(17-11)14-6-5-7-15-20(4,18)19/h8,15H,5-7H2,1-4H3,(H,14,16,17). The average molecular weight is 365 g/mol. The minimum Gasteiger partial charge on any atom is -0.370 e. The molecule has 6 nitrogen and oxygen atoms in total. The number of nitrogens with one attached hydrogen (secondary N) is 2. The van der Waals surface area contributed by atoms with Gasteiger partial charge in [0.1, 0.15) is 16.2 Å². The van der Waals surface area contributed by atoms with Crippen LogP contribution in [0.25, 0.3) is 0 Å². The largest absolute Gasteiger partial charge is 0.370 e. The third-order valence-corrected chi connectivity index (χ3v) is 3.52. The first-order valence-corrected chi connectivity index (χ1v) is 9.00. The molecule has 0 fully saturated rings. The second-order valence-electron chi connectivity index (χ2n) is 5.60. The van der Waals surface area contributed by atoms with Gasteiger partial charge in [0.2, 0.25) is 10.0 Å². The van der Waals surface area contributed by atoms with Crippen molar-refractivity contribution >= 4 is 31.8 Å². The van der Waals surface area contributed by atoms with Gasteiger partial charge in [-0.05, 0) is 22.4 Å². The molecule has 1 heterocycles. The number of hydrogen-bond acceptors (Lipinski definition) is 5. The molecule has 0 aromatic carbocycles. The first kappa shape index (κ1) is 17.3. The van der Waals surface area contributed by atoms with Gasteiger partial charge in [-0.2, -0.15) is 0 Å². The van der Waals surface area contributed by atoms with Crippen molar-refractivity contribution in [3.63, 3.8) is 0 Å². The molecular weight excluding hydrogens is 344 g/mol. The number of aromatic nitrogens is 2. The highest BCUT2D eigenvalue weighted by atomic mass is 79.9. The van der Waals surface area contributed by atoms with Crippen molar-refractivity contribution in [2.45, 2.75) is 32.6 Å². The summed E-state index contributed by atoms with van der Waals surface area (Å²) in [5, 5.41) is 3.17. The highest BCUT2D eigenvalue weighted by molar-refractivity contribution is 9.10. The monoisotopic (exact) mass is 364 g/mol. The van der Waals surface area contributed by atoms with Crippen molar-refractivity contribution < 1.29 is 8.42 Å². The molecule has 2 N–H and O–H groups in total. The van der Waals surface area contributed by atoms with Gasteiger partial charge in [0, 0.05) is 24.6 Å². The fourth-order valence-corrected chi connectivity index (χ4v) is 2.31. The third-order valence-electron chi connectivity index (χ3n) is 2.39. The zero-order chi connectivity index (χ0) is 15.4. The summed E-state index contributed by atoms with van der Waals surface area (Å²) in [5.74, 6) is 1.49. The molecule has 1 rings (SSSR count). The molecule has 8 heteroatoms. The van der Waals surface area contributed by atoms with Crippen LogP contribution >= 0.6 is 15.9 Å². The van der Waals surface area contributed by atoms with E-state index < -0.39 is 10.0 Å². The molecule has 20 heavy (non-hydrogen) atoms. The number of hydrogen-bond donors (Lipinski definition) is 2. The van der Waals surface area contributed by atoms with Gasteiger partial charge >= 0.3 is 0 Å². The maximum atomic E-state index is 10.9. The van der Waals surface area contributed by atoms with Crippen molar-refractivity contribution in [2.75, 3.05) is 24.7 Å². The Morgan fingerprint density at radius 2 is 1.90 bits per heavy atom. The molecule has 114 valence electrons. The summed E-state index contributed by atoms with van der Waals surface area (Å²) in [6, 6.07) is 1.80. The van der Waals surface area contributed by atoms with Crippen LogP contribution in [0.4, 0.5) is 5.82 Å². The van der Waals surface area contributed by atoms with Crippen molar-refractivity contribution in [1.82, 2.24) is 14.7 Å². The predicted molar refractivity (Wildman–Crippen MR) is 84.4 cm³/mol. The Morgan fingerprint density at radius 1 is 1.25 bits per heavy atom. The molecule has 0 spiro atoms. The first-order valence-electron chi connectivity index (χ1n) is 6.31. The normalized spacial score (nSPS) is 12.4. The van der Waals surface area contributed by atoms with Gasteiger partial charge in [-0.1, -0.05) is 20.8 Å². The topological polar surface area (TPSA) is 84.0 Å². The predicted octanol–water partition coefficient (Wildman–Crippen LogP) is 1.89. The Labute approximate surface area is 129 Å². The van der Waals surface area contributed by atoms with E-state index in [1.54, 1.807) is 6.07 Å². The van der Waals surface area contributed by atoms with Crippen LogP contribution in [0.3, 0.4) is 0 Å². The van der Waals surface area contributed by atoms with E-state index >= 15 is 0 Å². The highest BCUT2D eigenvalue weighted by Crippen LogP contribution is 2.22. The quantitative estimate of drug-likeness (QED) is 0.594. The lowest BCUT2D eigenvalue weighted by Gasteiger charge is -2.18. The fraction of sp³-hybridized carbons (Fsp3) is 0.667. The Bertz CT molecular complexity index is 555. The van der Waals surface area contributed by atoms with Gasteiger partial charge in [0.05, 0.1) is 6.26 Å². The molecule has 0 radical (unpaired) electrons. The van der Waals surface area contributed by atoms with E-state index in [1.807, 2.05) is 0 Å². The SMILES string of the molecule is CC(C)(C)c1nc(Br)cc(NCCCNS(C)(=O)=O)n1. The Morgan fingerprint density at radius 3 is 2.45 bits per heavy atom. The van der Waals surface area contributed by atoms with Crippen LogP contribution in [0, 0.1) is 0 Å². The van der Waals surface area contributed by atoms with Crippen LogP contribution in [0.15, 0.2) is 10.7 Å². The molecule has 0 aliphatic rings. The summed E-state index contributed by atoms with van der Waals surface area (Å²) in [5.41, 5.74) is -0.127. The molecule has 0 aliphatic heterocycles. The van der Waals surface area contributed by atoms with Crippen LogP contribution < -0.4 is 10.0 Å². The lowest BCUT2D eigenvalue weighted by Crippen LogP contribution is -2.24. The van der Waals surface area contributed by atoms with E-state index in [1.165, 1.54) is 0 Å². The summed E-state index contributed by atoms with van der Waals surface area (Å²) < 4.78 is 25.0. The van der Waals surface area contributed by atoms with Gasteiger partial charge in [-0.15, -0.1) is 0 Å². The maximum Gasteiger partial charge on any atom is 0.208 e. The zero-order valence-electron chi connectivity index (χ0n) is 12.2. The smallest absolute Gasteiger partial charge is 0.208 e. The minimum absolute atomic E-state index is 0.127. The molecule has 0 atom stereocenters. The lowest BCUT2D eigenvalue weighted by atomic mass is 9.96. The molecule has 1 aromatic rings. The number of anilines is 1. The fourth-order valence-electron chi connectivity index (χ4n) is 1.41. The second-order valence-corrected chi connectivity index (χ2v) is 8.24. The summed E-state index contributed by atoms with van der Waals surface area (Å²) in [6.45, 7) is 7.19. The maximum absolute atomic E-state index is 10.9. The molecule has 0 amide bonds. The zero-order valence-corrected chi connectivity index (χ0v) is 14.6. The van der Waals surface area contributed by atoms with Gasteiger partial charge in [-0.25, -0.2) is 23.1 Å². The molecule has 0 saturated heterocycles. The average Bonchev–Trinajstić information content (AvgIpc) is 2.25. The van der Waals surface area contributed by atoms with Gasteiger partial charge in [0.25, 0.3) is 0 Å². The van der Waals surface area contributed by atoms with Crippen LogP contribution in [0.1, 0.15) is 33.0 Å². The van der Waals surface area contributed by atoms with Crippen LogP contribution in [0.2, 0.25) is 0 Å². The van der Waals surface area contributed by atoms with Crippen molar-refractivity contribution in [3.05, 3.63) is 16.5 Å². The van der Waals surface area contributed by atoms with Crippen LogP contribution in [0.5, 0.6) is 0 Å². The number of nitrogens with zero attached hydrogens (tertiary/aromatic N) is 2. The molecule has 0 unspecified atom stereocenters. The summed E-state index contributed by atoms with van der Waals surface area (Å²) in [7, 11) is -3.11. The molecule has 0 saturated carbocycles. The molecule has 0 bridgehead atoms. The van der Waals surface area contributed by atoms with E-state index in [0.29, 0.717) is 19.5 Å². The Hall–Kier alpha value is -0.730. The van der Waals surface area contributed by atoms with Crippen molar-refractivity contribution in [2.24, 2.45) is 0 Å². The van der Waals surface area contributed by atoms with Gasteiger partial charge in [-0.3, -0.25) is 0 Å². The minimum atomic E-state index is -3.11. The van der Waals surface area contributed by atoms with Gasteiger partial charge in [0.15, 0.2) is 0 Å². The summed E-state index contributed by atoms with van der Waals surface area (Å²) in [6.07, 6.45) is 1.83. The van der Waals surface area contributed by atoms with E-state index in [0.717, 1.165) is 22.5 Å². The summed E-state index contributed by atoms with van der Waals surface area (Å²) in [4.78, 5) is 8.82. The molecule has 1 aromatic heterocycles. The first-order chi connectivity index (χ1) is 9.08. The van der Waals surface area contributed by atoms with Gasteiger partial charge < -0.3 is 5.32 Å².